The Morgan fingerprint density at radius 2 is 2.11 bits per heavy atom. The van der Waals surface area contributed by atoms with Gasteiger partial charge in [-0.1, -0.05) is 6.07 Å². The molecule has 98 valence electrons. The first-order chi connectivity index (χ1) is 8.33. The highest BCUT2D eigenvalue weighted by Gasteiger charge is 2.23. The lowest BCUT2D eigenvalue weighted by molar-refractivity contribution is -0.106. The highest BCUT2D eigenvalue weighted by molar-refractivity contribution is 5.90. The van der Waals surface area contributed by atoms with Crippen LogP contribution in [-0.4, -0.2) is 24.5 Å². The standard InChI is InChI=1S/C13H16FNO3/c1-13(2,3)18-12(17)15(7-8-16)11-6-4-5-10(14)9-11/h4-6,8-9H,7H2,1-3H3. The normalized spacial score (nSPS) is 10.9. The van der Waals surface area contributed by atoms with Crippen LogP contribution in [0.25, 0.3) is 0 Å². The molecule has 1 aromatic carbocycles. The summed E-state index contributed by atoms with van der Waals surface area (Å²) in [5.74, 6) is -0.480. The van der Waals surface area contributed by atoms with Gasteiger partial charge >= 0.3 is 6.09 Å². The van der Waals surface area contributed by atoms with E-state index >= 15 is 0 Å². The maximum Gasteiger partial charge on any atom is 0.415 e. The van der Waals surface area contributed by atoms with Crippen LogP contribution in [0.3, 0.4) is 0 Å². The van der Waals surface area contributed by atoms with Crippen molar-refractivity contribution in [2.45, 2.75) is 26.4 Å². The molecule has 0 atom stereocenters. The van der Waals surface area contributed by atoms with Gasteiger partial charge in [-0.3, -0.25) is 4.90 Å². The number of ether oxygens (including phenoxy) is 1. The van der Waals surface area contributed by atoms with Crippen molar-refractivity contribution in [1.29, 1.82) is 0 Å². The fraction of sp³-hybridized carbons (Fsp3) is 0.385. The van der Waals surface area contributed by atoms with Crippen LogP contribution in [0.1, 0.15) is 20.8 Å². The summed E-state index contributed by atoms with van der Waals surface area (Å²) in [6, 6.07) is 5.44. The van der Waals surface area contributed by atoms with E-state index < -0.39 is 17.5 Å². The van der Waals surface area contributed by atoms with Crippen LogP contribution in [0, 0.1) is 5.82 Å². The number of nitrogens with zero attached hydrogens (tertiary/aromatic N) is 1. The molecule has 0 heterocycles. The molecular weight excluding hydrogens is 237 g/mol. The van der Waals surface area contributed by atoms with Gasteiger partial charge in [-0.25, -0.2) is 9.18 Å². The maximum atomic E-state index is 13.1. The van der Waals surface area contributed by atoms with E-state index in [1.165, 1.54) is 24.3 Å². The predicted octanol–water partition coefficient (Wildman–Crippen LogP) is 2.77. The molecule has 0 N–H and O–H groups in total. The summed E-state index contributed by atoms with van der Waals surface area (Å²) in [5, 5.41) is 0. The molecule has 0 aromatic heterocycles. The summed E-state index contributed by atoms with van der Waals surface area (Å²) in [7, 11) is 0. The number of aldehydes is 1. The monoisotopic (exact) mass is 253 g/mol. The van der Waals surface area contributed by atoms with Crippen molar-refractivity contribution in [2.24, 2.45) is 0 Å². The van der Waals surface area contributed by atoms with Crippen LogP contribution in [-0.2, 0) is 9.53 Å². The second kappa shape index (κ2) is 5.62. The van der Waals surface area contributed by atoms with E-state index in [9.17, 15) is 14.0 Å². The summed E-state index contributed by atoms with van der Waals surface area (Å²) in [6.07, 6.45) is -0.116. The lowest BCUT2D eigenvalue weighted by atomic mass is 10.2. The molecular formula is C13H16FNO3. The van der Waals surface area contributed by atoms with Crippen molar-refractivity contribution >= 4 is 18.1 Å². The third-order valence-electron chi connectivity index (χ3n) is 1.99. The molecule has 0 saturated heterocycles. The molecule has 0 aliphatic heterocycles. The van der Waals surface area contributed by atoms with Gasteiger partial charge in [-0.15, -0.1) is 0 Å². The number of carbonyl (C=O) groups is 2. The van der Waals surface area contributed by atoms with Crippen molar-refractivity contribution in [1.82, 2.24) is 0 Å². The van der Waals surface area contributed by atoms with E-state index in [0.717, 1.165) is 4.90 Å². The second-order valence-corrected chi connectivity index (χ2v) is 4.74. The minimum Gasteiger partial charge on any atom is -0.443 e. The van der Waals surface area contributed by atoms with Gasteiger partial charge in [-0.05, 0) is 39.0 Å². The second-order valence-electron chi connectivity index (χ2n) is 4.74. The van der Waals surface area contributed by atoms with Gasteiger partial charge in [0.05, 0.1) is 12.2 Å². The molecule has 0 fully saturated rings. The van der Waals surface area contributed by atoms with Crippen LogP contribution >= 0.6 is 0 Å². The average Bonchev–Trinajstić information content (AvgIpc) is 2.23. The van der Waals surface area contributed by atoms with E-state index in [-0.39, 0.29) is 12.2 Å². The van der Waals surface area contributed by atoms with Gasteiger partial charge in [0.2, 0.25) is 0 Å². The van der Waals surface area contributed by atoms with E-state index in [0.29, 0.717) is 6.29 Å². The Hall–Kier alpha value is -1.91. The van der Waals surface area contributed by atoms with Gasteiger partial charge in [0.15, 0.2) is 0 Å². The summed E-state index contributed by atoms with van der Waals surface area (Å²) in [6.45, 7) is 4.97. The van der Waals surface area contributed by atoms with Gasteiger partial charge in [0.1, 0.15) is 17.7 Å². The Bertz CT molecular complexity index is 440. The van der Waals surface area contributed by atoms with Crippen LogP contribution in [0.2, 0.25) is 0 Å². The Labute approximate surface area is 105 Å². The quantitative estimate of drug-likeness (QED) is 0.778. The van der Waals surface area contributed by atoms with E-state index in [1.807, 2.05) is 0 Å². The fourth-order valence-corrected chi connectivity index (χ4v) is 1.32. The average molecular weight is 253 g/mol. The number of benzene rings is 1. The zero-order valence-electron chi connectivity index (χ0n) is 10.6. The largest absolute Gasteiger partial charge is 0.443 e. The smallest absolute Gasteiger partial charge is 0.415 e. The number of anilines is 1. The number of amides is 1. The lowest BCUT2D eigenvalue weighted by Gasteiger charge is -2.26. The molecule has 0 aliphatic rings. The number of hydrogen-bond donors (Lipinski definition) is 0. The number of hydrogen-bond acceptors (Lipinski definition) is 3. The lowest BCUT2D eigenvalue weighted by Crippen LogP contribution is -2.38. The van der Waals surface area contributed by atoms with E-state index in [4.69, 9.17) is 4.74 Å². The Morgan fingerprint density at radius 3 is 2.61 bits per heavy atom. The van der Waals surface area contributed by atoms with Crippen molar-refractivity contribution in [3.8, 4) is 0 Å². The summed E-state index contributed by atoms with van der Waals surface area (Å²) >= 11 is 0. The molecule has 0 radical (unpaired) electrons. The van der Waals surface area contributed by atoms with Crippen molar-refractivity contribution in [2.75, 3.05) is 11.4 Å². The first-order valence-corrected chi connectivity index (χ1v) is 5.53. The maximum absolute atomic E-state index is 13.1. The van der Waals surface area contributed by atoms with Crippen LogP contribution in [0.5, 0.6) is 0 Å². The number of rotatable bonds is 3. The van der Waals surface area contributed by atoms with E-state index in [1.54, 1.807) is 20.8 Å². The molecule has 5 heteroatoms. The number of carbonyl (C=O) groups excluding carboxylic acids is 2. The van der Waals surface area contributed by atoms with Crippen LogP contribution < -0.4 is 4.90 Å². The predicted molar refractivity (Wildman–Crippen MR) is 66.0 cm³/mol. The molecule has 4 nitrogen and oxygen atoms in total. The molecule has 1 amide bonds. The first-order valence-electron chi connectivity index (χ1n) is 5.53. The molecule has 0 bridgehead atoms. The van der Waals surface area contributed by atoms with Gasteiger partial charge in [0, 0.05) is 0 Å². The first kappa shape index (κ1) is 14.2. The molecule has 0 aliphatic carbocycles. The van der Waals surface area contributed by atoms with Gasteiger partial charge in [-0.2, -0.15) is 0 Å². The Morgan fingerprint density at radius 1 is 1.44 bits per heavy atom. The molecule has 1 rings (SSSR count). The SMILES string of the molecule is CC(C)(C)OC(=O)N(CC=O)c1cccc(F)c1. The Kier molecular flexibility index (Phi) is 4.42. The molecule has 0 saturated carbocycles. The summed E-state index contributed by atoms with van der Waals surface area (Å²) in [4.78, 5) is 23.6. The molecule has 18 heavy (non-hydrogen) atoms. The zero-order valence-corrected chi connectivity index (χ0v) is 10.6. The van der Waals surface area contributed by atoms with Gasteiger partial charge < -0.3 is 9.53 Å². The van der Waals surface area contributed by atoms with Crippen LogP contribution in [0.4, 0.5) is 14.9 Å². The van der Waals surface area contributed by atoms with Crippen molar-refractivity contribution < 1.29 is 18.7 Å². The minimum absolute atomic E-state index is 0.182. The molecule has 0 spiro atoms. The Balaban J connectivity index is 2.95. The van der Waals surface area contributed by atoms with Crippen molar-refractivity contribution in [3.63, 3.8) is 0 Å². The van der Waals surface area contributed by atoms with E-state index in [2.05, 4.69) is 0 Å². The van der Waals surface area contributed by atoms with Crippen molar-refractivity contribution in [3.05, 3.63) is 30.1 Å². The highest BCUT2D eigenvalue weighted by atomic mass is 19.1. The van der Waals surface area contributed by atoms with Crippen LogP contribution in [0.15, 0.2) is 24.3 Å². The zero-order chi connectivity index (χ0) is 13.8. The third kappa shape index (κ3) is 4.16. The fourth-order valence-electron chi connectivity index (χ4n) is 1.32. The summed E-state index contributed by atoms with van der Waals surface area (Å²) in [5.41, 5.74) is -0.387. The highest BCUT2D eigenvalue weighted by Crippen LogP contribution is 2.18. The molecule has 0 unspecified atom stereocenters. The molecule has 1 aromatic rings. The third-order valence-corrected chi connectivity index (χ3v) is 1.99. The number of halogens is 1. The minimum atomic E-state index is -0.680. The summed E-state index contributed by atoms with van der Waals surface area (Å²) < 4.78 is 18.3. The van der Waals surface area contributed by atoms with Gasteiger partial charge in [0.25, 0.3) is 0 Å². The topological polar surface area (TPSA) is 46.6 Å².